The van der Waals surface area contributed by atoms with Gasteiger partial charge in [0.2, 0.25) is 5.69 Å². The van der Waals surface area contributed by atoms with E-state index in [1.807, 2.05) is 4.72 Å². The Morgan fingerprint density at radius 1 is 1.00 bits per heavy atom. The first-order valence-electron chi connectivity index (χ1n) is 6.33. The van der Waals surface area contributed by atoms with Gasteiger partial charge < -0.3 is 0 Å². The van der Waals surface area contributed by atoms with Crippen molar-refractivity contribution in [2.75, 3.05) is 4.72 Å². The average molecular weight is 416 g/mol. The first-order valence-corrected chi connectivity index (χ1v) is 8.61. The van der Waals surface area contributed by atoms with E-state index in [0.717, 1.165) is 12.1 Å². The first kappa shape index (κ1) is 17.8. The maximum atomic E-state index is 12.4. The number of aryl methyl sites for hydroxylation is 1. The molecule has 0 aliphatic heterocycles. The molecule has 9 nitrogen and oxygen atoms in total. The number of nitro benzene ring substituents is 2. The number of hydrogen-bond donors (Lipinski definition) is 1. The van der Waals surface area contributed by atoms with Gasteiger partial charge in [0.05, 0.1) is 14.7 Å². The summed E-state index contributed by atoms with van der Waals surface area (Å²) in [5.41, 5.74) is -1.80. The van der Waals surface area contributed by atoms with Gasteiger partial charge in [-0.15, -0.1) is 0 Å². The highest BCUT2D eigenvalue weighted by atomic mass is 79.9. The van der Waals surface area contributed by atoms with Crippen molar-refractivity contribution >= 4 is 43.0 Å². The second kappa shape index (κ2) is 6.53. The minimum atomic E-state index is -4.23. The van der Waals surface area contributed by atoms with E-state index in [4.69, 9.17) is 0 Å². The second-order valence-corrected chi connectivity index (χ2v) is 7.35. The zero-order chi connectivity index (χ0) is 18.1. The smallest absolute Gasteiger partial charge is 0.267 e. The van der Waals surface area contributed by atoms with Gasteiger partial charge in [-0.25, -0.2) is 8.42 Å². The molecule has 0 heterocycles. The number of rotatable bonds is 5. The molecule has 11 heteroatoms. The molecule has 24 heavy (non-hydrogen) atoms. The normalized spacial score (nSPS) is 11.1. The third kappa shape index (κ3) is 3.68. The highest BCUT2D eigenvalue weighted by molar-refractivity contribution is 9.10. The summed E-state index contributed by atoms with van der Waals surface area (Å²) >= 11 is 3.15. The Bertz CT molecular complexity index is 892. The van der Waals surface area contributed by atoms with Crippen molar-refractivity contribution in [2.45, 2.75) is 11.8 Å². The molecule has 0 unspecified atom stereocenters. The second-order valence-electron chi connectivity index (χ2n) is 4.75. The Balaban J connectivity index is 2.61. The molecule has 0 spiro atoms. The van der Waals surface area contributed by atoms with E-state index in [2.05, 4.69) is 15.9 Å². The lowest BCUT2D eigenvalue weighted by atomic mass is 10.1. The van der Waals surface area contributed by atoms with Crippen LogP contribution in [0.5, 0.6) is 0 Å². The molecule has 0 aliphatic carbocycles. The van der Waals surface area contributed by atoms with Gasteiger partial charge >= 0.3 is 11.4 Å². The third-order valence-electron chi connectivity index (χ3n) is 2.99. The van der Waals surface area contributed by atoms with Crippen LogP contribution in [-0.2, 0) is 10.0 Å². The molecule has 0 saturated heterocycles. The van der Waals surface area contributed by atoms with Gasteiger partial charge in [-0.3, -0.25) is 25.0 Å². The summed E-state index contributed by atoms with van der Waals surface area (Å²) in [7, 11) is -4.23. The highest BCUT2D eigenvalue weighted by Crippen LogP contribution is 2.37. The molecular weight excluding hydrogens is 406 g/mol. The summed E-state index contributed by atoms with van der Waals surface area (Å²) in [5, 5.41) is 22.3. The zero-order valence-corrected chi connectivity index (χ0v) is 14.5. The van der Waals surface area contributed by atoms with E-state index in [1.54, 1.807) is 0 Å². The monoisotopic (exact) mass is 415 g/mol. The molecule has 0 aliphatic rings. The Morgan fingerprint density at radius 3 is 1.88 bits per heavy atom. The van der Waals surface area contributed by atoms with Crippen LogP contribution in [-0.4, -0.2) is 18.3 Å². The summed E-state index contributed by atoms with van der Waals surface area (Å²) < 4.78 is 27.3. The number of sulfonamides is 1. The fourth-order valence-electron chi connectivity index (χ4n) is 1.95. The van der Waals surface area contributed by atoms with E-state index in [1.165, 1.54) is 31.2 Å². The van der Waals surface area contributed by atoms with Crippen molar-refractivity contribution in [3.63, 3.8) is 0 Å². The molecule has 0 radical (unpaired) electrons. The minimum absolute atomic E-state index is 0.185. The lowest BCUT2D eigenvalue weighted by molar-refractivity contribution is -0.392. The maximum absolute atomic E-state index is 12.4. The average Bonchev–Trinajstić information content (AvgIpc) is 2.48. The van der Waals surface area contributed by atoms with E-state index in [0.29, 0.717) is 4.47 Å². The van der Waals surface area contributed by atoms with Gasteiger partial charge in [0.1, 0.15) is 0 Å². The van der Waals surface area contributed by atoms with Gasteiger partial charge in [-0.05, 0) is 36.8 Å². The Labute approximate surface area is 144 Å². The van der Waals surface area contributed by atoms with Crippen molar-refractivity contribution in [1.29, 1.82) is 0 Å². The van der Waals surface area contributed by atoms with Crippen molar-refractivity contribution in [3.8, 4) is 0 Å². The molecule has 1 N–H and O–H groups in total. The topological polar surface area (TPSA) is 132 Å². The number of halogens is 1. The van der Waals surface area contributed by atoms with Crippen LogP contribution < -0.4 is 4.72 Å². The fraction of sp³-hybridized carbons (Fsp3) is 0.0769. The van der Waals surface area contributed by atoms with E-state index < -0.39 is 36.9 Å². The van der Waals surface area contributed by atoms with Crippen LogP contribution in [0.25, 0.3) is 0 Å². The number of benzene rings is 2. The van der Waals surface area contributed by atoms with Gasteiger partial charge in [-0.1, -0.05) is 15.9 Å². The number of hydrogen-bond acceptors (Lipinski definition) is 6. The summed E-state index contributed by atoms with van der Waals surface area (Å²) in [6.07, 6.45) is 0. The predicted octanol–water partition coefficient (Wildman–Crippen LogP) is 3.37. The highest BCUT2D eigenvalue weighted by Gasteiger charge is 2.30. The van der Waals surface area contributed by atoms with Crippen LogP contribution in [0.2, 0.25) is 0 Å². The lowest BCUT2D eigenvalue weighted by Gasteiger charge is -2.10. The number of anilines is 1. The molecule has 0 fully saturated rings. The minimum Gasteiger partial charge on any atom is -0.267 e. The Hall–Kier alpha value is -2.53. The van der Waals surface area contributed by atoms with Crippen molar-refractivity contribution in [1.82, 2.24) is 0 Å². The summed E-state index contributed by atoms with van der Waals surface area (Å²) in [4.78, 5) is 20.4. The lowest BCUT2D eigenvalue weighted by Crippen LogP contribution is -2.15. The number of nitro groups is 2. The maximum Gasteiger partial charge on any atom is 0.300 e. The van der Waals surface area contributed by atoms with Gasteiger partial charge in [0.25, 0.3) is 10.0 Å². The standard InChI is InChI=1S/C13H10BrN3O6S/c1-8-6-11(16(18)19)13(12(7-8)17(20)21)15-24(22,23)10-4-2-9(14)3-5-10/h2-7,15H,1H3. The molecule has 0 aromatic heterocycles. The van der Waals surface area contributed by atoms with Crippen LogP contribution in [0.15, 0.2) is 45.8 Å². The molecule has 0 atom stereocenters. The van der Waals surface area contributed by atoms with Gasteiger partial charge in [0, 0.05) is 16.6 Å². The molecule has 0 amide bonds. The van der Waals surface area contributed by atoms with Crippen LogP contribution in [0.3, 0.4) is 0 Å². The van der Waals surface area contributed by atoms with E-state index in [-0.39, 0.29) is 10.5 Å². The Morgan fingerprint density at radius 2 is 1.46 bits per heavy atom. The number of nitrogens with one attached hydrogen (secondary N) is 1. The molecule has 0 bridgehead atoms. The molecule has 2 aromatic rings. The van der Waals surface area contributed by atoms with Crippen molar-refractivity contribution < 1.29 is 18.3 Å². The van der Waals surface area contributed by atoms with E-state index in [9.17, 15) is 28.6 Å². The molecule has 2 aromatic carbocycles. The first-order chi connectivity index (χ1) is 11.1. The van der Waals surface area contributed by atoms with Crippen LogP contribution in [0.4, 0.5) is 17.1 Å². The van der Waals surface area contributed by atoms with Crippen LogP contribution in [0, 0.1) is 27.2 Å². The number of nitrogens with zero attached hydrogens (tertiary/aromatic N) is 2. The van der Waals surface area contributed by atoms with Gasteiger partial charge in [0.15, 0.2) is 0 Å². The van der Waals surface area contributed by atoms with E-state index >= 15 is 0 Å². The SMILES string of the molecule is Cc1cc([N+](=O)[O-])c(NS(=O)(=O)c2ccc(Br)cc2)c([N+](=O)[O-])c1. The fourth-order valence-corrected chi connectivity index (χ4v) is 3.30. The summed E-state index contributed by atoms with van der Waals surface area (Å²) in [6.45, 7) is 1.44. The van der Waals surface area contributed by atoms with Crippen LogP contribution in [0.1, 0.15) is 5.56 Å². The predicted molar refractivity (Wildman–Crippen MR) is 89.4 cm³/mol. The molecular formula is C13H10BrN3O6S. The van der Waals surface area contributed by atoms with Gasteiger partial charge in [-0.2, -0.15) is 0 Å². The van der Waals surface area contributed by atoms with Crippen molar-refractivity contribution in [2.24, 2.45) is 0 Å². The zero-order valence-electron chi connectivity index (χ0n) is 12.1. The van der Waals surface area contributed by atoms with Crippen molar-refractivity contribution in [3.05, 3.63) is 66.7 Å². The Kier molecular flexibility index (Phi) is 4.85. The summed E-state index contributed by atoms with van der Waals surface area (Å²) in [6, 6.07) is 7.58. The molecule has 126 valence electrons. The van der Waals surface area contributed by atoms with Crippen LogP contribution >= 0.6 is 15.9 Å². The molecule has 0 saturated carbocycles. The molecule has 2 rings (SSSR count). The quantitative estimate of drug-likeness (QED) is 0.587. The summed E-state index contributed by atoms with van der Waals surface area (Å²) in [5.74, 6) is 0. The largest absolute Gasteiger partial charge is 0.300 e. The third-order valence-corrected chi connectivity index (χ3v) is 4.89.